The first-order chi connectivity index (χ1) is 13.0. The fourth-order valence-corrected chi connectivity index (χ4v) is 3.46. The van der Waals surface area contributed by atoms with Gasteiger partial charge in [0.1, 0.15) is 6.61 Å². The van der Waals surface area contributed by atoms with Crippen molar-refractivity contribution in [1.29, 1.82) is 0 Å². The van der Waals surface area contributed by atoms with E-state index in [4.69, 9.17) is 27.9 Å². The van der Waals surface area contributed by atoms with Gasteiger partial charge in [0, 0.05) is 24.7 Å². The fraction of sp³-hybridized carbons (Fsp3) is 0.350. The lowest BCUT2D eigenvalue weighted by Gasteiger charge is -2.38. The molecular formula is C20H22Cl2N2O3. The molecule has 1 fully saturated rings. The molecule has 0 saturated carbocycles. The summed E-state index contributed by atoms with van der Waals surface area (Å²) in [5.41, 5.74) is 0.765. The highest BCUT2D eigenvalue weighted by Crippen LogP contribution is 2.28. The first kappa shape index (κ1) is 19.8. The lowest BCUT2D eigenvalue weighted by molar-refractivity contribution is -0.0110. The number of carbonyl (C=O) groups is 1. The van der Waals surface area contributed by atoms with Gasteiger partial charge in [-0.25, -0.2) is 4.79 Å². The van der Waals surface area contributed by atoms with Crippen molar-refractivity contribution < 1.29 is 14.6 Å². The van der Waals surface area contributed by atoms with Crippen LogP contribution in [0.3, 0.4) is 0 Å². The molecule has 2 aromatic carbocycles. The predicted molar refractivity (Wildman–Crippen MR) is 107 cm³/mol. The zero-order valence-electron chi connectivity index (χ0n) is 14.8. The van der Waals surface area contributed by atoms with Crippen LogP contribution in [-0.4, -0.2) is 41.3 Å². The van der Waals surface area contributed by atoms with Crippen LogP contribution in [0.4, 0.5) is 10.5 Å². The molecule has 2 aromatic rings. The Morgan fingerprint density at radius 1 is 1.15 bits per heavy atom. The monoisotopic (exact) mass is 408 g/mol. The van der Waals surface area contributed by atoms with Crippen LogP contribution in [0.2, 0.25) is 10.0 Å². The topological polar surface area (TPSA) is 61.8 Å². The van der Waals surface area contributed by atoms with Gasteiger partial charge in [0.25, 0.3) is 0 Å². The molecule has 27 heavy (non-hydrogen) atoms. The maximum atomic E-state index is 12.2. The van der Waals surface area contributed by atoms with E-state index in [-0.39, 0.29) is 12.7 Å². The number of aliphatic hydroxyl groups is 1. The number of carbonyl (C=O) groups excluding carboxylic acids is 1. The van der Waals surface area contributed by atoms with Gasteiger partial charge in [-0.2, -0.15) is 0 Å². The summed E-state index contributed by atoms with van der Waals surface area (Å²) in [7, 11) is 0. The van der Waals surface area contributed by atoms with Gasteiger partial charge in [-0.15, -0.1) is 0 Å². The Morgan fingerprint density at radius 3 is 2.52 bits per heavy atom. The van der Waals surface area contributed by atoms with Gasteiger partial charge in [0.05, 0.1) is 16.3 Å². The third-order valence-electron chi connectivity index (χ3n) is 4.70. The molecule has 1 heterocycles. The molecule has 0 atom stereocenters. The van der Waals surface area contributed by atoms with Gasteiger partial charge in [0.2, 0.25) is 0 Å². The number of nitrogens with one attached hydrogen (secondary N) is 1. The number of nitrogens with zero attached hydrogens (tertiary/aromatic N) is 1. The van der Waals surface area contributed by atoms with Crippen LogP contribution in [0, 0.1) is 0 Å². The van der Waals surface area contributed by atoms with Gasteiger partial charge in [-0.1, -0.05) is 53.5 Å². The normalized spacial score (nSPS) is 16.0. The maximum Gasteiger partial charge on any atom is 0.410 e. The van der Waals surface area contributed by atoms with Crippen LogP contribution in [-0.2, 0) is 11.3 Å². The summed E-state index contributed by atoms with van der Waals surface area (Å²) in [6.45, 7) is 1.48. The van der Waals surface area contributed by atoms with Gasteiger partial charge < -0.3 is 20.1 Å². The molecule has 144 valence electrons. The van der Waals surface area contributed by atoms with Crippen LogP contribution < -0.4 is 5.32 Å². The lowest BCUT2D eigenvalue weighted by atomic mass is 9.91. The number of piperidine rings is 1. The van der Waals surface area contributed by atoms with E-state index in [0.29, 0.717) is 42.5 Å². The average molecular weight is 409 g/mol. The number of hydrogen-bond acceptors (Lipinski definition) is 4. The summed E-state index contributed by atoms with van der Waals surface area (Å²) in [5.74, 6) is 0. The van der Waals surface area contributed by atoms with E-state index in [2.05, 4.69) is 5.32 Å². The largest absolute Gasteiger partial charge is 0.445 e. The number of likely N-dealkylation sites (tertiary alicyclic amines) is 1. The molecule has 0 aliphatic carbocycles. The molecule has 0 bridgehead atoms. The molecule has 1 aliphatic rings. The summed E-state index contributed by atoms with van der Waals surface area (Å²) < 4.78 is 5.35. The summed E-state index contributed by atoms with van der Waals surface area (Å²) in [6, 6.07) is 14.7. The van der Waals surface area contributed by atoms with Gasteiger partial charge in [-0.05, 0) is 36.6 Å². The highest BCUT2D eigenvalue weighted by molar-refractivity contribution is 6.36. The fourth-order valence-electron chi connectivity index (χ4n) is 2.99. The van der Waals surface area contributed by atoms with E-state index in [9.17, 15) is 9.90 Å². The molecule has 2 N–H and O–H groups in total. The first-order valence-corrected chi connectivity index (χ1v) is 9.58. The van der Waals surface area contributed by atoms with Gasteiger partial charge >= 0.3 is 6.09 Å². The molecule has 1 saturated heterocycles. The number of amides is 1. The summed E-state index contributed by atoms with van der Waals surface area (Å²) in [5, 5.41) is 15.0. The molecule has 5 nitrogen and oxygen atoms in total. The second kappa shape index (κ2) is 8.83. The highest BCUT2D eigenvalue weighted by Gasteiger charge is 2.34. The van der Waals surface area contributed by atoms with Crippen LogP contribution >= 0.6 is 23.2 Å². The number of halogens is 2. The lowest BCUT2D eigenvalue weighted by Crippen LogP contribution is -2.50. The molecule has 0 radical (unpaired) electrons. The van der Waals surface area contributed by atoms with Crippen LogP contribution in [0.15, 0.2) is 48.5 Å². The molecule has 0 unspecified atom stereocenters. The number of hydrogen-bond donors (Lipinski definition) is 2. The van der Waals surface area contributed by atoms with Crippen LogP contribution in [0.1, 0.15) is 18.4 Å². The standard InChI is InChI=1S/C20H22Cl2N2O3/c21-16-6-7-18(17(22)12-16)23-14-20(26)8-10-24(11-9-20)19(25)27-13-15-4-2-1-3-5-15/h1-7,12,23,26H,8-11,13-14H2. The first-order valence-electron chi connectivity index (χ1n) is 8.82. The van der Waals surface area contributed by atoms with Crippen LogP contribution in [0.25, 0.3) is 0 Å². The summed E-state index contributed by atoms with van der Waals surface area (Å²) in [4.78, 5) is 13.8. The minimum atomic E-state index is -0.904. The second-order valence-corrected chi connectivity index (χ2v) is 7.57. The van der Waals surface area contributed by atoms with Crippen molar-refractivity contribution >= 4 is 35.0 Å². The third-order valence-corrected chi connectivity index (χ3v) is 5.24. The van der Waals surface area contributed by atoms with E-state index in [1.54, 1.807) is 23.1 Å². The zero-order valence-corrected chi connectivity index (χ0v) is 16.3. The Labute approximate surface area is 168 Å². The second-order valence-electron chi connectivity index (χ2n) is 6.73. The molecule has 1 amide bonds. The van der Waals surface area contributed by atoms with Crippen molar-refractivity contribution in [2.24, 2.45) is 0 Å². The molecule has 0 aromatic heterocycles. The molecule has 0 spiro atoms. The number of ether oxygens (including phenoxy) is 1. The summed E-state index contributed by atoms with van der Waals surface area (Å²) in [6.07, 6.45) is 0.576. The number of benzene rings is 2. The highest BCUT2D eigenvalue weighted by atomic mass is 35.5. The Morgan fingerprint density at radius 2 is 1.85 bits per heavy atom. The van der Waals surface area contributed by atoms with E-state index < -0.39 is 5.60 Å². The Bertz CT molecular complexity index is 778. The molecular weight excluding hydrogens is 387 g/mol. The van der Waals surface area contributed by atoms with Crippen molar-refractivity contribution in [2.45, 2.75) is 25.0 Å². The van der Waals surface area contributed by atoms with E-state index in [0.717, 1.165) is 11.3 Å². The summed E-state index contributed by atoms with van der Waals surface area (Å²) >= 11 is 12.0. The Kier molecular flexibility index (Phi) is 6.47. The molecule has 1 aliphatic heterocycles. The van der Waals surface area contributed by atoms with Crippen LogP contribution in [0.5, 0.6) is 0 Å². The Balaban J connectivity index is 1.46. The third kappa shape index (κ3) is 5.51. The zero-order chi connectivity index (χ0) is 19.3. The van der Waals surface area contributed by atoms with E-state index in [1.165, 1.54) is 0 Å². The van der Waals surface area contributed by atoms with Crippen molar-refractivity contribution in [2.75, 3.05) is 25.0 Å². The van der Waals surface area contributed by atoms with Crippen molar-refractivity contribution in [3.05, 3.63) is 64.1 Å². The average Bonchev–Trinajstić information content (AvgIpc) is 2.67. The minimum absolute atomic E-state index is 0.247. The number of anilines is 1. The molecule has 3 rings (SSSR count). The number of rotatable bonds is 5. The molecule has 7 heteroatoms. The van der Waals surface area contributed by atoms with Gasteiger partial charge in [-0.3, -0.25) is 0 Å². The Hall–Kier alpha value is -1.95. The van der Waals surface area contributed by atoms with E-state index >= 15 is 0 Å². The van der Waals surface area contributed by atoms with Crippen molar-refractivity contribution in [3.63, 3.8) is 0 Å². The quantitative estimate of drug-likeness (QED) is 0.760. The van der Waals surface area contributed by atoms with E-state index in [1.807, 2.05) is 30.3 Å². The minimum Gasteiger partial charge on any atom is -0.445 e. The van der Waals surface area contributed by atoms with Crippen molar-refractivity contribution in [1.82, 2.24) is 4.90 Å². The predicted octanol–water partition coefficient (Wildman–Crippen LogP) is 4.57. The van der Waals surface area contributed by atoms with Gasteiger partial charge in [0.15, 0.2) is 0 Å². The smallest absolute Gasteiger partial charge is 0.410 e. The SMILES string of the molecule is O=C(OCc1ccccc1)N1CCC(O)(CNc2ccc(Cl)cc2Cl)CC1. The van der Waals surface area contributed by atoms with Crippen molar-refractivity contribution in [3.8, 4) is 0 Å². The maximum absolute atomic E-state index is 12.2.